The fourth-order valence-corrected chi connectivity index (χ4v) is 2.78. The van der Waals surface area contributed by atoms with Gasteiger partial charge in [-0.15, -0.1) is 0 Å². The van der Waals surface area contributed by atoms with Crippen LogP contribution in [-0.4, -0.2) is 38.1 Å². The van der Waals surface area contributed by atoms with Gasteiger partial charge in [-0.3, -0.25) is 0 Å². The smallest absolute Gasteiger partial charge is 0.126 e. The predicted molar refractivity (Wildman–Crippen MR) is 72.4 cm³/mol. The molecule has 2 N–H and O–H groups in total. The molecule has 1 saturated heterocycles. The molecule has 1 fully saturated rings. The summed E-state index contributed by atoms with van der Waals surface area (Å²) in [5.74, 6) is 0.984. The molecule has 2 heterocycles. The van der Waals surface area contributed by atoms with Gasteiger partial charge in [0.2, 0.25) is 0 Å². The van der Waals surface area contributed by atoms with E-state index in [2.05, 4.69) is 6.07 Å². The minimum atomic E-state index is -0.309. The van der Waals surface area contributed by atoms with Gasteiger partial charge in [0.15, 0.2) is 0 Å². The maximum atomic E-state index is 6.06. The highest BCUT2D eigenvalue weighted by Gasteiger charge is 2.34. The molecular formula is C15H21NO3. The summed E-state index contributed by atoms with van der Waals surface area (Å²) in [7, 11) is 0. The molecule has 0 aromatic heterocycles. The van der Waals surface area contributed by atoms with E-state index in [0.29, 0.717) is 19.8 Å². The predicted octanol–water partition coefficient (Wildman–Crippen LogP) is 1.51. The molecule has 0 radical (unpaired) electrons. The zero-order valence-electron chi connectivity index (χ0n) is 11.1. The van der Waals surface area contributed by atoms with Gasteiger partial charge in [0, 0.05) is 19.6 Å². The molecule has 0 aliphatic carbocycles. The van der Waals surface area contributed by atoms with E-state index in [1.54, 1.807) is 0 Å². The molecule has 0 bridgehead atoms. The average molecular weight is 263 g/mol. The number of para-hydroxylation sites is 1. The third-order valence-corrected chi connectivity index (χ3v) is 3.95. The standard InChI is InChI=1S/C15H21NO3/c16-10-15(6-3-7-17-11-15)18-9-13-8-12-4-1-2-5-14(12)19-13/h1-2,4-5,13H,3,6-11,16H2. The number of ether oxygens (including phenoxy) is 3. The van der Waals surface area contributed by atoms with Crippen LogP contribution in [0.3, 0.4) is 0 Å². The van der Waals surface area contributed by atoms with Gasteiger partial charge in [0.1, 0.15) is 17.5 Å². The van der Waals surface area contributed by atoms with Gasteiger partial charge in [0.05, 0.1) is 13.2 Å². The van der Waals surface area contributed by atoms with Gasteiger partial charge >= 0.3 is 0 Å². The fourth-order valence-electron chi connectivity index (χ4n) is 2.78. The van der Waals surface area contributed by atoms with Crippen LogP contribution in [0.1, 0.15) is 18.4 Å². The van der Waals surface area contributed by atoms with Crippen molar-refractivity contribution in [1.82, 2.24) is 0 Å². The molecule has 104 valence electrons. The van der Waals surface area contributed by atoms with Crippen LogP contribution in [0.25, 0.3) is 0 Å². The lowest BCUT2D eigenvalue weighted by atomic mass is 9.96. The van der Waals surface area contributed by atoms with Crippen LogP contribution in [0, 0.1) is 0 Å². The van der Waals surface area contributed by atoms with Crippen molar-refractivity contribution in [2.24, 2.45) is 5.73 Å². The highest BCUT2D eigenvalue weighted by atomic mass is 16.6. The number of hydrogen-bond acceptors (Lipinski definition) is 4. The Labute approximate surface area is 113 Å². The summed E-state index contributed by atoms with van der Waals surface area (Å²) >= 11 is 0. The molecule has 0 saturated carbocycles. The van der Waals surface area contributed by atoms with Crippen molar-refractivity contribution in [2.75, 3.05) is 26.4 Å². The van der Waals surface area contributed by atoms with E-state index in [-0.39, 0.29) is 11.7 Å². The van der Waals surface area contributed by atoms with Crippen LogP contribution in [0.2, 0.25) is 0 Å². The molecule has 1 aromatic carbocycles. The highest BCUT2D eigenvalue weighted by Crippen LogP contribution is 2.30. The van der Waals surface area contributed by atoms with E-state index in [1.807, 2.05) is 18.2 Å². The van der Waals surface area contributed by atoms with E-state index in [9.17, 15) is 0 Å². The topological polar surface area (TPSA) is 53.7 Å². The third-order valence-electron chi connectivity index (χ3n) is 3.95. The molecule has 19 heavy (non-hydrogen) atoms. The summed E-state index contributed by atoms with van der Waals surface area (Å²) in [5.41, 5.74) is 6.81. The SMILES string of the molecule is NCC1(OCC2Cc3ccccc3O2)CCCOC1. The third kappa shape index (κ3) is 2.76. The first-order valence-corrected chi connectivity index (χ1v) is 6.98. The second-order valence-corrected chi connectivity index (χ2v) is 5.41. The summed E-state index contributed by atoms with van der Waals surface area (Å²) in [5, 5.41) is 0. The molecule has 3 rings (SSSR count). The van der Waals surface area contributed by atoms with Gasteiger partial charge in [-0.1, -0.05) is 18.2 Å². The van der Waals surface area contributed by atoms with E-state index < -0.39 is 0 Å². The number of hydrogen-bond donors (Lipinski definition) is 1. The normalized spacial score (nSPS) is 29.8. The van der Waals surface area contributed by atoms with Gasteiger partial charge in [0.25, 0.3) is 0 Å². The summed E-state index contributed by atoms with van der Waals surface area (Å²) < 4.78 is 17.4. The first kappa shape index (κ1) is 12.9. The van der Waals surface area contributed by atoms with Crippen molar-refractivity contribution in [3.05, 3.63) is 29.8 Å². The Kier molecular flexibility index (Phi) is 3.73. The zero-order valence-corrected chi connectivity index (χ0v) is 11.1. The first-order valence-electron chi connectivity index (χ1n) is 6.98. The molecule has 1 aromatic rings. The van der Waals surface area contributed by atoms with Gasteiger partial charge in [-0.25, -0.2) is 0 Å². The summed E-state index contributed by atoms with van der Waals surface area (Å²) in [6.45, 7) is 2.50. The molecule has 2 atom stereocenters. The molecule has 4 heteroatoms. The van der Waals surface area contributed by atoms with E-state index in [4.69, 9.17) is 19.9 Å². The van der Waals surface area contributed by atoms with E-state index in [0.717, 1.165) is 31.6 Å². The van der Waals surface area contributed by atoms with Crippen LogP contribution >= 0.6 is 0 Å². The zero-order chi connectivity index (χ0) is 13.1. The highest BCUT2D eigenvalue weighted by molar-refractivity contribution is 5.37. The minimum absolute atomic E-state index is 0.0998. The second-order valence-electron chi connectivity index (χ2n) is 5.41. The number of rotatable bonds is 4. The monoisotopic (exact) mass is 263 g/mol. The molecule has 0 spiro atoms. The van der Waals surface area contributed by atoms with Crippen LogP contribution in [0.15, 0.2) is 24.3 Å². The number of fused-ring (bicyclic) bond motifs is 1. The lowest BCUT2D eigenvalue weighted by Crippen LogP contribution is -2.49. The fraction of sp³-hybridized carbons (Fsp3) is 0.600. The lowest BCUT2D eigenvalue weighted by Gasteiger charge is -2.36. The van der Waals surface area contributed by atoms with Crippen molar-refractivity contribution in [3.8, 4) is 5.75 Å². The molecule has 4 nitrogen and oxygen atoms in total. The Morgan fingerprint density at radius 2 is 2.26 bits per heavy atom. The molecule has 2 aliphatic rings. The molecule has 2 aliphatic heterocycles. The van der Waals surface area contributed by atoms with Crippen molar-refractivity contribution in [3.63, 3.8) is 0 Å². The average Bonchev–Trinajstić information content (AvgIpc) is 2.89. The Bertz CT molecular complexity index is 404. The van der Waals surface area contributed by atoms with Crippen molar-refractivity contribution in [2.45, 2.75) is 31.0 Å². The van der Waals surface area contributed by atoms with Gasteiger partial charge in [-0.05, 0) is 24.5 Å². The molecule has 0 amide bonds. The number of nitrogens with two attached hydrogens (primary N) is 1. The quantitative estimate of drug-likeness (QED) is 0.894. The Morgan fingerprint density at radius 1 is 1.37 bits per heavy atom. The summed E-state index contributed by atoms with van der Waals surface area (Å²) in [6.07, 6.45) is 3.01. The van der Waals surface area contributed by atoms with Crippen LogP contribution in [-0.2, 0) is 15.9 Å². The lowest BCUT2D eigenvalue weighted by molar-refractivity contribution is -0.135. The van der Waals surface area contributed by atoms with Crippen LogP contribution in [0.5, 0.6) is 5.75 Å². The van der Waals surface area contributed by atoms with E-state index >= 15 is 0 Å². The van der Waals surface area contributed by atoms with E-state index in [1.165, 1.54) is 5.56 Å². The van der Waals surface area contributed by atoms with Crippen molar-refractivity contribution >= 4 is 0 Å². The van der Waals surface area contributed by atoms with Crippen molar-refractivity contribution in [1.29, 1.82) is 0 Å². The van der Waals surface area contributed by atoms with Crippen molar-refractivity contribution < 1.29 is 14.2 Å². The maximum Gasteiger partial charge on any atom is 0.126 e. The second kappa shape index (κ2) is 5.49. The van der Waals surface area contributed by atoms with Gasteiger partial charge in [-0.2, -0.15) is 0 Å². The maximum absolute atomic E-state index is 6.06. The molecule has 2 unspecified atom stereocenters. The summed E-state index contributed by atoms with van der Waals surface area (Å²) in [6, 6.07) is 8.16. The minimum Gasteiger partial charge on any atom is -0.487 e. The number of benzene rings is 1. The van der Waals surface area contributed by atoms with Crippen LogP contribution < -0.4 is 10.5 Å². The Balaban J connectivity index is 1.56. The largest absolute Gasteiger partial charge is 0.487 e. The van der Waals surface area contributed by atoms with Gasteiger partial charge < -0.3 is 19.9 Å². The molecular weight excluding hydrogens is 242 g/mol. The summed E-state index contributed by atoms with van der Waals surface area (Å²) in [4.78, 5) is 0. The first-order chi connectivity index (χ1) is 9.31. The Morgan fingerprint density at radius 3 is 3.00 bits per heavy atom. The Hall–Kier alpha value is -1.10. The van der Waals surface area contributed by atoms with Crippen LogP contribution in [0.4, 0.5) is 0 Å².